The Morgan fingerprint density at radius 3 is 2.60 bits per heavy atom. The molecular formula is C20H29N3O2. The molecule has 2 heterocycles. The fourth-order valence-electron chi connectivity index (χ4n) is 3.95. The van der Waals surface area contributed by atoms with Crippen LogP contribution in [0, 0.1) is 5.92 Å². The molecule has 0 aromatic heterocycles. The molecule has 0 aliphatic carbocycles. The standard InChI is InChI=1S/C20H29N3O2/c1-22(18-9-11-21-12-10-18)20(25)17-8-5-13-23(15-17)19(24)14-16-6-3-2-4-7-16/h2-4,6-7,17-18,21H,5,8-15H2,1H3. The Morgan fingerprint density at radius 1 is 1.16 bits per heavy atom. The van der Waals surface area contributed by atoms with Crippen molar-refractivity contribution in [1.29, 1.82) is 0 Å². The number of amides is 2. The minimum Gasteiger partial charge on any atom is -0.342 e. The molecule has 25 heavy (non-hydrogen) atoms. The zero-order valence-corrected chi connectivity index (χ0v) is 15.1. The molecule has 0 radical (unpaired) electrons. The van der Waals surface area contributed by atoms with Crippen molar-refractivity contribution in [2.24, 2.45) is 5.92 Å². The van der Waals surface area contributed by atoms with Crippen molar-refractivity contribution in [3.05, 3.63) is 35.9 Å². The van der Waals surface area contributed by atoms with Crippen LogP contribution in [0.4, 0.5) is 0 Å². The average molecular weight is 343 g/mol. The molecule has 2 amide bonds. The summed E-state index contributed by atoms with van der Waals surface area (Å²) in [5, 5.41) is 3.34. The van der Waals surface area contributed by atoms with Gasteiger partial charge >= 0.3 is 0 Å². The van der Waals surface area contributed by atoms with Crippen LogP contribution < -0.4 is 5.32 Å². The van der Waals surface area contributed by atoms with Crippen LogP contribution in [0.1, 0.15) is 31.2 Å². The van der Waals surface area contributed by atoms with Crippen LogP contribution in [0.25, 0.3) is 0 Å². The van der Waals surface area contributed by atoms with Crippen molar-refractivity contribution in [3.63, 3.8) is 0 Å². The third-order valence-electron chi connectivity index (χ3n) is 5.53. The van der Waals surface area contributed by atoms with Crippen LogP contribution in [0.3, 0.4) is 0 Å². The number of nitrogens with zero attached hydrogens (tertiary/aromatic N) is 2. The van der Waals surface area contributed by atoms with E-state index in [0.717, 1.165) is 50.9 Å². The maximum absolute atomic E-state index is 12.9. The maximum atomic E-state index is 12.9. The van der Waals surface area contributed by atoms with E-state index >= 15 is 0 Å². The fraction of sp³-hybridized carbons (Fsp3) is 0.600. The first kappa shape index (κ1) is 17.9. The quantitative estimate of drug-likeness (QED) is 0.905. The van der Waals surface area contributed by atoms with Gasteiger partial charge in [0, 0.05) is 26.2 Å². The molecule has 0 spiro atoms. The van der Waals surface area contributed by atoms with Crippen molar-refractivity contribution in [1.82, 2.24) is 15.1 Å². The van der Waals surface area contributed by atoms with Crippen LogP contribution in [-0.2, 0) is 16.0 Å². The lowest BCUT2D eigenvalue weighted by Gasteiger charge is -2.37. The molecule has 5 nitrogen and oxygen atoms in total. The topological polar surface area (TPSA) is 52.7 Å². The SMILES string of the molecule is CN(C(=O)C1CCCN(C(=O)Cc2ccccc2)C1)C1CCNCC1. The highest BCUT2D eigenvalue weighted by molar-refractivity contribution is 5.82. The van der Waals surface area contributed by atoms with Crippen LogP contribution in [-0.4, -0.2) is 60.9 Å². The second-order valence-corrected chi connectivity index (χ2v) is 7.27. The summed E-state index contributed by atoms with van der Waals surface area (Å²) in [7, 11) is 1.93. The number of rotatable bonds is 4. The smallest absolute Gasteiger partial charge is 0.227 e. The first-order valence-corrected chi connectivity index (χ1v) is 9.44. The van der Waals surface area contributed by atoms with E-state index in [9.17, 15) is 9.59 Å². The van der Waals surface area contributed by atoms with Gasteiger partial charge in [-0.3, -0.25) is 9.59 Å². The normalized spacial score (nSPS) is 21.8. The van der Waals surface area contributed by atoms with Gasteiger partial charge < -0.3 is 15.1 Å². The number of nitrogens with one attached hydrogen (secondary N) is 1. The molecule has 0 bridgehead atoms. The Bertz CT molecular complexity index is 584. The predicted octanol–water partition coefficient (Wildman–Crippen LogP) is 1.68. The number of likely N-dealkylation sites (tertiary alicyclic amines) is 1. The zero-order chi connectivity index (χ0) is 17.6. The Labute approximate surface area is 150 Å². The largest absolute Gasteiger partial charge is 0.342 e. The number of benzene rings is 1. The third-order valence-corrected chi connectivity index (χ3v) is 5.53. The van der Waals surface area contributed by atoms with Gasteiger partial charge in [-0.05, 0) is 44.3 Å². The lowest BCUT2D eigenvalue weighted by Crippen LogP contribution is -2.50. The Balaban J connectivity index is 1.56. The Hall–Kier alpha value is -1.88. The van der Waals surface area contributed by atoms with E-state index in [4.69, 9.17) is 0 Å². The van der Waals surface area contributed by atoms with E-state index in [1.807, 2.05) is 47.2 Å². The van der Waals surface area contributed by atoms with Crippen LogP contribution >= 0.6 is 0 Å². The molecule has 5 heteroatoms. The van der Waals surface area contributed by atoms with Gasteiger partial charge in [0.2, 0.25) is 11.8 Å². The lowest BCUT2D eigenvalue weighted by atomic mass is 9.94. The van der Waals surface area contributed by atoms with E-state index in [1.54, 1.807) is 0 Å². The van der Waals surface area contributed by atoms with Crippen molar-refractivity contribution in [3.8, 4) is 0 Å². The summed E-state index contributed by atoms with van der Waals surface area (Å²) in [6.45, 7) is 3.30. The van der Waals surface area contributed by atoms with Gasteiger partial charge in [-0.15, -0.1) is 0 Å². The summed E-state index contributed by atoms with van der Waals surface area (Å²) in [6, 6.07) is 10.2. The summed E-state index contributed by atoms with van der Waals surface area (Å²) in [6.07, 6.45) is 4.27. The van der Waals surface area contributed by atoms with E-state index in [2.05, 4.69) is 5.32 Å². The molecule has 2 aliphatic rings. The first-order valence-electron chi connectivity index (χ1n) is 9.44. The van der Waals surface area contributed by atoms with Gasteiger partial charge in [-0.25, -0.2) is 0 Å². The zero-order valence-electron chi connectivity index (χ0n) is 15.1. The maximum Gasteiger partial charge on any atom is 0.227 e. The van der Waals surface area contributed by atoms with Gasteiger partial charge in [0.15, 0.2) is 0 Å². The minimum absolute atomic E-state index is 0.0478. The lowest BCUT2D eigenvalue weighted by molar-refractivity contribution is -0.141. The number of hydrogen-bond donors (Lipinski definition) is 1. The van der Waals surface area contributed by atoms with Gasteiger partial charge in [-0.1, -0.05) is 30.3 Å². The molecule has 0 saturated carbocycles. The number of piperidine rings is 2. The molecule has 3 rings (SSSR count). The summed E-state index contributed by atoms with van der Waals surface area (Å²) in [5.41, 5.74) is 1.03. The van der Waals surface area contributed by atoms with Crippen LogP contribution in [0.5, 0.6) is 0 Å². The Morgan fingerprint density at radius 2 is 1.88 bits per heavy atom. The summed E-state index contributed by atoms with van der Waals surface area (Å²) in [5.74, 6) is 0.297. The molecule has 2 aliphatic heterocycles. The van der Waals surface area contributed by atoms with Crippen molar-refractivity contribution in [2.45, 2.75) is 38.1 Å². The van der Waals surface area contributed by atoms with Crippen LogP contribution in [0.15, 0.2) is 30.3 Å². The first-order chi connectivity index (χ1) is 12.1. The second-order valence-electron chi connectivity index (χ2n) is 7.27. The van der Waals surface area contributed by atoms with E-state index in [1.165, 1.54) is 0 Å². The third kappa shape index (κ3) is 4.60. The minimum atomic E-state index is -0.0478. The van der Waals surface area contributed by atoms with Gasteiger partial charge in [0.05, 0.1) is 12.3 Å². The molecule has 1 aromatic rings. The summed E-state index contributed by atoms with van der Waals surface area (Å²) < 4.78 is 0. The predicted molar refractivity (Wildman–Crippen MR) is 98.1 cm³/mol. The molecule has 2 saturated heterocycles. The van der Waals surface area contributed by atoms with E-state index in [-0.39, 0.29) is 17.7 Å². The number of hydrogen-bond acceptors (Lipinski definition) is 3. The van der Waals surface area contributed by atoms with Gasteiger partial charge in [-0.2, -0.15) is 0 Å². The highest BCUT2D eigenvalue weighted by atomic mass is 16.2. The molecule has 1 N–H and O–H groups in total. The highest BCUT2D eigenvalue weighted by Gasteiger charge is 2.32. The average Bonchev–Trinajstić information content (AvgIpc) is 2.68. The van der Waals surface area contributed by atoms with Crippen molar-refractivity contribution >= 4 is 11.8 Å². The number of carbonyl (C=O) groups excluding carboxylic acids is 2. The molecule has 1 aromatic carbocycles. The highest BCUT2D eigenvalue weighted by Crippen LogP contribution is 2.22. The Kier molecular flexibility index (Phi) is 6.08. The van der Waals surface area contributed by atoms with E-state index < -0.39 is 0 Å². The molecule has 1 atom stereocenters. The number of carbonyl (C=O) groups is 2. The molecule has 136 valence electrons. The summed E-state index contributed by atoms with van der Waals surface area (Å²) >= 11 is 0. The molecule has 2 fully saturated rings. The van der Waals surface area contributed by atoms with Crippen molar-refractivity contribution < 1.29 is 9.59 Å². The monoisotopic (exact) mass is 343 g/mol. The van der Waals surface area contributed by atoms with Gasteiger partial charge in [0.1, 0.15) is 0 Å². The summed E-state index contributed by atoms with van der Waals surface area (Å²) in [4.78, 5) is 29.3. The van der Waals surface area contributed by atoms with E-state index in [0.29, 0.717) is 19.0 Å². The second kappa shape index (κ2) is 8.48. The molecular weight excluding hydrogens is 314 g/mol. The van der Waals surface area contributed by atoms with Gasteiger partial charge in [0.25, 0.3) is 0 Å². The fourth-order valence-corrected chi connectivity index (χ4v) is 3.95. The van der Waals surface area contributed by atoms with Crippen molar-refractivity contribution in [2.75, 3.05) is 33.2 Å². The molecule has 1 unspecified atom stereocenters. The van der Waals surface area contributed by atoms with Crippen LogP contribution in [0.2, 0.25) is 0 Å².